The van der Waals surface area contributed by atoms with Crippen molar-refractivity contribution in [1.29, 1.82) is 0 Å². The van der Waals surface area contributed by atoms with Crippen molar-refractivity contribution in [1.82, 2.24) is 0 Å². The zero-order valence-corrected chi connectivity index (χ0v) is 8.55. The molecular formula is C12H22. The summed E-state index contributed by atoms with van der Waals surface area (Å²) in [7, 11) is 0. The largest absolute Gasteiger partial charge is 0.0651 e. The highest BCUT2D eigenvalue weighted by Gasteiger charge is 2.40. The average molecular weight is 166 g/mol. The maximum Gasteiger partial charge on any atom is -0.0357 e. The Morgan fingerprint density at radius 2 is 2.08 bits per heavy atom. The minimum Gasteiger partial charge on any atom is -0.0651 e. The van der Waals surface area contributed by atoms with Gasteiger partial charge in [-0.3, -0.25) is 0 Å². The SMILES string of the molecule is CCC1CC1C(C)CC1CCC1. The number of hydrogen-bond acceptors (Lipinski definition) is 0. The minimum atomic E-state index is 1.04. The zero-order valence-electron chi connectivity index (χ0n) is 8.55. The molecule has 0 aromatic heterocycles. The second-order valence-electron chi connectivity index (χ2n) is 5.08. The molecule has 0 aromatic carbocycles. The van der Waals surface area contributed by atoms with E-state index in [2.05, 4.69) is 13.8 Å². The Morgan fingerprint density at radius 1 is 1.33 bits per heavy atom. The molecule has 0 nitrogen and oxygen atoms in total. The lowest BCUT2D eigenvalue weighted by atomic mass is 9.78. The molecule has 0 amide bonds. The van der Waals surface area contributed by atoms with E-state index in [-0.39, 0.29) is 0 Å². The highest BCUT2D eigenvalue weighted by Crippen LogP contribution is 2.49. The predicted molar refractivity (Wildman–Crippen MR) is 53.0 cm³/mol. The van der Waals surface area contributed by atoms with Crippen LogP contribution in [0.5, 0.6) is 0 Å². The molecule has 3 atom stereocenters. The predicted octanol–water partition coefficient (Wildman–Crippen LogP) is 3.86. The van der Waals surface area contributed by atoms with E-state index in [0.29, 0.717) is 0 Å². The van der Waals surface area contributed by atoms with E-state index >= 15 is 0 Å². The third-order valence-electron chi connectivity index (χ3n) is 4.16. The van der Waals surface area contributed by atoms with E-state index in [1.807, 2.05) is 0 Å². The van der Waals surface area contributed by atoms with E-state index in [0.717, 1.165) is 23.7 Å². The third kappa shape index (κ3) is 1.67. The van der Waals surface area contributed by atoms with E-state index in [1.54, 1.807) is 12.8 Å². The normalized spacial score (nSPS) is 37.5. The molecular weight excluding hydrogens is 144 g/mol. The molecule has 2 fully saturated rings. The van der Waals surface area contributed by atoms with Gasteiger partial charge in [-0.2, -0.15) is 0 Å². The van der Waals surface area contributed by atoms with Crippen LogP contribution in [0.2, 0.25) is 0 Å². The Labute approximate surface area is 76.7 Å². The fourth-order valence-corrected chi connectivity index (χ4v) is 2.87. The summed E-state index contributed by atoms with van der Waals surface area (Å²) in [5, 5.41) is 0. The van der Waals surface area contributed by atoms with Crippen LogP contribution >= 0.6 is 0 Å². The molecule has 2 aliphatic rings. The highest BCUT2D eigenvalue weighted by molar-refractivity contribution is 4.90. The first-order valence-electron chi connectivity index (χ1n) is 5.81. The summed E-state index contributed by atoms with van der Waals surface area (Å²) in [6, 6.07) is 0. The van der Waals surface area contributed by atoms with Gasteiger partial charge in [0.15, 0.2) is 0 Å². The van der Waals surface area contributed by atoms with Gasteiger partial charge >= 0.3 is 0 Å². The topological polar surface area (TPSA) is 0 Å². The lowest BCUT2D eigenvalue weighted by molar-refractivity contribution is 0.240. The molecule has 2 saturated carbocycles. The van der Waals surface area contributed by atoms with Gasteiger partial charge in [0.05, 0.1) is 0 Å². The van der Waals surface area contributed by atoms with Gasteiger partial charge in [-0.1, -0.05) is 39.5 Å². The fourth-order valence-electron chi connectivity index (χ4n) is 2.87. The second kappa shape index (κ2) is 3.40. The molecule has 2 aliphatic carbocycles. The van der Waals surface area contributed by atoms with E-state index < -0.39 is 0 Å². The third-order valence-corrected chi connectivity index (χ3v) is 4.16. The summed E-state index contributed by atoms with van der Waals surface area (Å²) in [4.78, 5) is 0. The molecule has 3 unspecified atom stereocenters. The molecule has 0 aliphatic heterocycles. The molecule has 0 saturated heterocycles. The first-order chi connectivity index (χ1) is 5.81. The van der Waals surface area contributed by atoms with Gasteiger partial charge in [-0.05, 0) is 36.5 Å². The van der Waals surface area contributed by atoms with Crippen LogP contribution in [0.4, 0.5) is 0 Å². The molecule has 12 heavy (non-hydrogen) atoms. The molecule has 0 aromatic rings. The van der Waals surface area contributed by atoms with E-state index in [4.69, 9.17) is 0 Å². The van der Waals surface area contributed by atoms with Crippen molar-refractivity contribution in [2.45, 2.75) is 52.4 Å². The molecule has 0 heterocycles. The van der Waals surface area contributed by atoms with E-state index in [1.165, 1.54) is 25.7 Å². The van der Waals surface area contributed by atoms with Crippen LogP contribution in [0.15, 0.2) is 0 Å². The summed E-state index contributed by atoms with van der Waals surface area (Å²) < 4.78 is 0. The van der Waals surface area contributed by atoms with E-state index in [9.17, 15) is 0 Å². The molecule has 0 spiro atoms. The monoisotopic (exact) mass is 166 g/mol. The van der Waals surface area contributed by atoms with Crippen molar-refractivity contribution >= 4 is 0 Å². The maximum atomic E-state index is 2.48. The number of rotatable bonds is 4. The van der Waals surface area contributed by atoms with Crippen LogP contribution in [0.3, 0.4) is 0 Å². The first kappa shape index (κ1) is 8.59. The van der Waals surface area contributed by atoms with Crippen molar-refractivity contribution in [3.8, 4) is 0 Å². The fraction of sp³-hybridized carbons (Fsp3) is 1.00. The Kier molecular flexibility index (Phi) is 2.43. The van der Waals surface area contributed by atoms with Gasteiger partial charge in [-0.25, -0.2) is 0 Å². The van der Waals surface area contributed by atoms with Crippen LogP contribution in [0, 0.1) is 23.7 Å². The van der Waals surface area contributed by atoms with Crippen molar-refractivity contribution in [2.24, 2.45) is 23.7 Å². The average Bonchev–Trinajstić information content (AvgIpc) is 2.74. The van der Waals surface area contributed by atoms with Gasteiger partial charge in [0.2, 0.25) is 0 Å². The van der Waals surface area contributed by atoms with Crippen molar-refractivity contribution in [3.05, 3.63) is 0 Å². The second-order valence-corrected chi connectivity index (χ2v) is 5.08. The van der Waals surface area contributed by atoms with Crippen LogP contribution in [-0.4, -0.2) is 0 Å². The number of hydrogen-bond donors (Lipinski definition) is 0. The molecule has 0 bridgehead atoms. The molecule has 0 radical (unpaired) electrons. The van der Waals surface area contributed by atoms with Gasteiger partial charge in [0.25, 0.3) is 0 Å². The van der Waals surface area contributed by atoms with Gasteiger partial charge < -0.3 is 0 Å². The lowest BCUT2D eigenvalue weighted by Gasteiger charge is -2.28. The quantitative estimate of drug-likeness (QED) is 0.595. The Balaban J connectivity index is 1.67. The maximum absolute atomic E-state index is 2.48. The summed E-state index contributed by atoms with van der Waals surface area (Å²) in [6.07, 6.45) is 9.10. The summed E-state index contributed by atoms with van der Waals surface area (Å²) in [5.74, 6) is 4.40. The molecule has 0 heteroatoms. The first-order valence-corrected chi connectivity index (χ1v) is 5.81. The lowest BCUT2D eigenvalue weighted by Crippen LogP contribution is -2.15. The van der Waals surface area contributed by atoms with Crippen LogP contribution in [-0.2, 0) is 0 Å². The van der Waals surface area contributed by atoms with Gasteiger partial charge in [0.1, 0.15) is 0 Å². The smallest absolute Gasteiger partial charge is 0.0357 e. The Bertz CT molecular complexity index is 146. The molecule has 0 N–H and O–H groups in total. The molecule has 2 rings (SSSR count). The van der Waals surface area contributed by atoms with Crippen molar-refractivity contribution < 1.29 is 0 Å². The van der Waals surface area contributed by atoms with Gasteiger partial charge in [0, 0.05) is 0 Å². The zero-order chi connectivity index (χ0) is 8.55. The van der Waals surface area contributed by atoms with Crippen LogP contribution in [0.1, 0.15) is 52.4 Å². The van der Waals surface area contributed by atoms with Crippen molar-refractivity contribution in [3.63, 3.8) is 0 Å². The minimum absolute atomic E-state index is 1.04. The summed E-state index contributed by atoms with van der Waals surface area (Å²) in [6.45, 7) is 4.83. The standard InChI is InChI=1S/C12H22/c1-3-11-8-12(11)9(2)7-10-5-4-6-10/h9-12H,3-8H2,1-2H3. The summed E-state index contributed by atoms with van der Waals surface area (Å²) in [5.41, 5.74) is 0. The van der Waals surface area contributed by atoms with Crippen LogP contribution < -0.4 is 0 Å². The van der Waals surface area contributed by atoms with Crippen molar-refractivity contribution in [2.75, 3.05) is 0 Å². The Hall–Kier alpha value is 0. The highest BCUT2D eigenvalue weighted by atomic mass is 14.4. The molecule has 70 valence electrons. The Morgan fingerprint density at radius 3 is 2.50 bits per heavy atom. The van der Waals surface area contributed by atoms with Gasteiger partial charge in [-0.15, -0.1) is 0 Å². The van der Waals surface area contributed by atoms with Crippen LogP contribution in [0.25, 0.3) is 0 Å². The summed E-state index contributed by atoms with van der Waals surface area (Å²) >= 11 is 0.